The van der Waals surface area contributed by atoms with Gasteiger partial charge in [0.25, 0.3) is 0 Å². The van der Waals surface area contributed by atoms with Gasteiger partial charge in [0, 0.05) is 0 Å². The van der Waals surface area contributed by atoms with Crippen molar-refractivity contribution in [3.05, 3.63) is 88.1 Å². The topological polar surface area (TPSA) is 106 Å². The zero-order valence-corrected chi connectivity index (χ0v) is 21.0. The molecule has 196 valence electrons. The van der Waals surface area contributed by atoms with Gasteiger partial charge in [-0.2, -0.15) is 23.5 Å². The van der Waals surface area contributed by atoms with E-state index >= 15 is 0 Å². The molecule has 2 aromatic heterocycles. The first kappa shape index (κ1) is 26.5. The number of nitriles is 1. The lowest BCUT2D eigenvalue weighted by molar-refractivity contribution is -0.144. The molecule has 0 saturated heterocycles. The maximum Gasteiger partial charge on any atom is 0.416 e. The number of carboxylic acid groups (broad SMARTS) is 1. The summed E-state index contributed by atoms with van der Waals surface area (Å²) in [5.74, 6) is -1.27. The Bertz CT molecular complexity index is 1610. The van der Waals surface area contributed by atoms with Gasteiger partial charge in [-0.3, -0.25) is 9.13 Å². The van der Waals surface area contributed by atoms with Crippen molar-refractivity contribution in [1.29, 1.82) is 5.26 Å². The molecule has 0 bridgehead atoms. The van der Waals surface area contributed by atoms with E-state index in [2.05, 4.69) is 5.10 Å². The number of aliphatic carboxylic acids is 1. The van der Waals surface area contributed by atoms with Crippen molar-refractivity contribution in [3.8, 4) is 28.8 Å². The summed E-state index contributed by atoms with van der Waals surface area (Å²) < 4.78 is 44.1. The Labute approximate surface area is 215 Å². The lowest BCUT2D eigenvalue weighted by atomic mass is 9.86. The molecule has 4 rings (SSSR count). The summed E-state index contributed by atoms with van der Waals surface area (Å²) >= 11 is 0. The summed E-state index contributed by atoms with van der Waals surface area (Å²) in [5, 5.41) is 23.7. The maximum absolute atomic E-state index is 13.9. The molecular weight excluding hydrogens is 499 g/mol. The molecule has 1 N–H and O–H groups in total. The van der Waals surface area contributed by atoms with Gasteiger partial charge in [-0.05, 0) is 60.9 Å². The van der Waals surface area contributed by atoms with Crippen LogP contribution in [0.5, 0.6) is 0 Å². The number of hydrogen-bond acceptors (Lipinski definition) is 4. The third-order valence-electron chi connectivity index (χ3n) is 6.19. The molecule has 2 heterocycles. The second-order valence-corrected chi connectivity index (χ2v) is 9.86. The van der Waals surface area contributed by atoms with Crippen molar-refractivity contribution in [2.24, 2.45) is 5.41 Å². The molecule has 4 aromatic rings. The third kappa shape index (κ3) is 4.61. The molecule has 0 fully saturated rings. The largest absolute Gasteiger partial charge is 0.480 e. The van der Waals surface area contributed by atoms with Crippen LogP contribution in [0.4, 0.5) is 13.2 Å². The molecule has 0 aliphatic rings. The van der Waals surface area contributed by atoms with Gasteiger partial charge < -0.3 is 5.11 Å². The van der Waals surface area contributed by atoms with Gasteiger partial charge in [0.05, 0.1) is 51.8 Å². The van der Waals surface area contributed by atoms with Crippen molar-refractivity contribution < 1.29 is 23.1 Å². The smallest absolute Gasteiger partial charge is 0.416 e. The van der Waals surface area contributed by atoms with Gasteiger partial charge >= 0.3 is 17.8 Å². The number of carbonyl (C=O) groups is 1. The molecular formula is C27H24F3N5O3. The Morgan fingerprint density at radius 1 is 1.05 bits per heavy atom. The molecule has 0 amide bonds. The van der Waals surface area contributed by atoms with E-state index in [0.717, 1.165) is 21.3 Å². The number of nitrogens with zero attached hydrogens (tertiary/aromatic N) is 5. The van der Waals surface area contributed by atoms with E-state index in [0.29, 0.717) is 16.9 Å². The molecule has 0 radical (unpaired) electrons. The molecule has 2 aromatic carbocycles. The number of alkyl halides is 3. The van der Waals surface area contributed by atoms with Gasteiger partial charge in [-0.25, -0.2) is 14.3 Å². The fourth-order valence-corrected chi connectivity index (χ4v) is 4.53. The number of halogens is 3. The van der Waals surface area contributed by atoms with Crippen LogP contribution >= 0.6 is 0 Å². The van der Waals surface area contributed by atoms with Gasteiger partial charge in [0.15, 0.2) is 0 Å². The Kier molecular flexibility index (Phi) is 6.53. The average molecular weight is 524 g/mol. The normalized spacial score (nSPS) is 12.8. The summed E-state index contributed by atoms with van der Waals surface area (Å²) in [6.45, 7) is 6.54. The van der Waals surface area contributed by atoms with Crippen LogP contribution in [-0.4, -0.2) is 30.0 Å². The number of benzene rings is 2. The van der Waals surface area contributed by atoms with Crippen molar-refractivity contribution in [2.45, 2.75) is 39.9 Å². The highest BCUT2D eigenvalue weighted by Gasteiger charge is 2.39. The third-order valence-corrected chi connectivity index (χ3v) is 6.19. The molecule has 11 heteroatoms. The Balaban J connectivity index is 2.07. The van der Waals surface area contributed by atoms with Crippen LogP contribution in [0.2, 0.25) is 0 Å². The molecule has 38 heavy (non-hydrogen) atoms. The lowest BCUT2D eigenvalue weighted by Crippen LogP contribution is -2.38. The van der Waals surface area contributed by atoms with Crippen LogP contribution in [-0.2, 0) is 11.0 Å². The van der Waals surface area contributed by atoms with Crippen LogP contribution in [0.15, 0.2) is 65.6 Å². The van der Waals surface area contributed by atoms with Crippen LogP contribution in [0.3, 0.4) is 0 Å². The summed E-state index contributed by atoms with van der Waals surface area (Å²) in [6.07, 6.45) is -3.17. The molecule has 0 aliphatic heterocycles. The van der Waals surface area contributed by atoms with E-state index < -0.39 is 34.9 Å². The first-order chi connectivity index (χ1) is 17.8. The highest BCUT2D eigenvalue weighted by atomic mass is 19.4. The van der Waals surface area contributed by atoms with Crippen molar-refractivity contribution >= 4 is 5.97 Å². The summed E-state index contributed by atoms with van der Waals surface area (Å²) in [7, 11) is 0. The number of aromatic nitrogens is 4. The summed E-state index contributed by atoms with van der Waals surface area (Å²) in [4.78, 5) is 26.4. The quantitative estimate of drug-likeness (QED) is 0.379. The zero-order chi connectivity index (χ0) is 28.0. The molecule has 1 unspecified atom stereocenters. The SMILES string of the molecule is Cc1c(-c2ccnn2-c2ccc(C#N)cc2)n(C(C(=O)O)C(C)(C)C)c(=O)n1-c1cccc(C(F)(F)F)c1. The second-order valence-electron chi connectivity index (χ2n) is 9.86. The van der Waals surface area contributed by atoms with Crippen LogP contribution in [0.1, 0.15) is 43.6 Å². The predicted octanol–water partition coefficient (Wildman–Crippen LogP) is 5.36. The standard InChI is InChI=1S/C27H24F3N5O3/c1-16-22(21-12-13-32-35(21)19-10-8-17(15-31)9-11-19)34(23(24(36)37)26(2,3)4)25(38)33(16)20-7-5-6-18(14-20)27(28,29)30/h5-14,23H,1-4H3,(H,36,37). The number of imidazole rings is 1. The Hall–Kier alpha value is -4.59. The Morgan fingerprint density at radius 3 is 2.26 bits per heavy atom. The predicted molar refractivity (Wildman–Crippen MR) is 133 cm³/mol. The van der Waals surface area contributed by atoms with Crippen LogP contribution < -0.4 is 5.69 Å². The van der Waals surface area contributed by atoms with E-state index in [4.69, 9.17) is 5.26 Å². The summed E-state index contributed by atoms with van der Waals surface area (Å²) in [5.41, 5.74) is -1.000. The van der Waals surface area contributed by atoms with Gasteiger partial charge in [-0.15, -0.1) is 0 Å². The molecule has 1 atom stereocenters. The molecule has 0 aliphatic carbocycles. The van der Waals surface area contributed by atoms with E-state index in [1.165, 1.54) is 23.0 Å². The van der Waals surface area contributed by atoms with Crippen molar-refractivity contribution in [1.82, 2.24) is 18.9 Å². The number of carboxylic acids is 1. The van der Waals surface area contributed by atoms with Crippen molar-refractivity contribution in [2.75, 3.05) is 0 Å². The van der Waals surface area contributed by atoms with Gasteiger partial charge in [-0.1, -0.05) is 26.8 Å². The lowest BCUT2D eigenvalue weighted by Gasteiger charge is -2.29. The minimum atomic E-state index is -4.64. The number of hydrogen-bond donors (Lipinski definition) is 1. The van der Waals surface area contributed by atoms with Crippen LogP contribution in [0, 0.1) is 23.7 Å². The van der Waals surface area contributed by atoms with Crippen molar-refractivity contribution in [3.63, 3.8) is 0 Å². The number of rotatable bonds is 5. The summed E-state index contributed by atoms with van der Waals surface area (Å²) in [6, 6.07) is 13.0. The zero-order valence-electron chi connectivity index (χ0n) is 21.0. The Morgan fingerprint density at radius 2 is 1.71 bits per heavy atom. The monoisotopic (exact) mass is 523 g/mol. The van der Waals surface area contributed by atoms with Gasteiger partial charge in [0.1, 0.15) is 6.04 Å². The first-order valence-corrected chi connectivity index (χ1v) is 11.5. The van der Waals surface area contributed by atoms with Gasteiger partial charge in [0.2, 0.25) is 0 Å². The minimum Gasteiger partial charge on any atom is -0.480 e. The highest BCUT2D eigenvalue weighted by Crippen LogP contribution is 2.37. The average Bonchev–Trinajstić information content (AvgIpc) is 3.40. The first-order valence-electron chi connectivity index (χ1n) is 11.5. The van der Waals surface area contributed by atoms with E-state index in [1.54, 1.807) is 58.0 Å². The second kappa shape index (κ2) is 9.37. The fourth-order valence-electron chi connectivity index (χ4n) is 4.53. The maximum atomic E-state index is 13.9. The van der Waals surface area contributed by atoms with E-state index in [1.807, 2.05) is 6.07 Å². The van der Waals surface area contributed by atoms with E-state index in [-0.39, 0.29) is 17.1 Å². The molecule has 0 spiro atoms. The minimum absolute atomic E-state index is 0.0511. The molecule has 8 nitrogen and oxygen atoms in total. The highest BCUT2D eigenvalue weighted by molar-refractivity contribution is 5.75. The van der Waals surface area contributed by atoms with E-state index in [9.17, 15) is 27.9 Å². The van der Waals surface area contributed by atoms with Crippen LogP contribution in [0.25, 0.3) is 22.8 Å². The fraction of sp³-hybridized carbons (Fsp3) is 0.259. The molecule has 0 saturated carbocycles.